The molecule has 0 aliphatic carbocycles. The molecule has 1 aromatic heterocycles. The van der Waals surface area contributed by atoms with Gasteiger partial charge in [-0.3, -0.25) is 4.79 Å². The van der Waals surface area contributed by atoms with Crippen molar-refractivity contribution in [1.82, 2.24) is 10.5 Å². The van der Waals surface area contributed by atoms with Gasteiger partial charge in [-0.25, -0.2) is 0 Å². The number of hydrogen-bond donors (Lipinski definition) is 1. The fourth-order valence-electron chi connectivity index (χ4n) is 3.21. The standard InChI is InChI=1S/C21H24N2O2/c1-5-16-6-8-17(9-7-16)15(4)22-20(24)12-18-21-14(3)10-13(2)11-19(21)25-23-18/h6-11,15H,5,12H2,1-4H3,(H,22,24). The number of carbonyl (C=O) groups excluding carboxylic acids is 1. The van der Waals surface area contributed by atoms with Crippen LogP contribution >= 0.6 is 0 Å². The Kier molecular flexibility index (Phi) is 4.88. The second-order valence-corrected chi connectivity index (χ2v) is 6.65. The average Bonchev–Trinajstić information content (AvgIpc) is 2.97. The van der Waals surface area contributed by atoms with Gasteiger partial charge in [0.25, 0.3) is 0 Å². The van der Waals surface area contributed by atoms with Gasteiger partial charge in [0, 0.05) is 5.39 Å². The van der Waals surface area contributed by atoms with Gasteiger partial charge in [-0.05, 0) is 55.5 Å². The van der Waals surface area contributed by atoms with Crippen LogP contribution in [0.1, 0.15) is 47.8 Å². The third kappa shape index (κ3) is 3.73. The minimum absolute atomic E-state index is 0.0417. The number of benzene rings is 2. The summed E-state index contributed by atoms with van der Waals surface area (Å²) in [5.74, 6) is -0.0535. The van der Waals surface area contributed by atoms with Gasteiger partial charge >= 0.3 is 0 Å². The van der Waals surface area contributed by atoms with E-state index in [1.54, 1.807) is 0 Å². The lowest BCUT2D eigenvalue weighted by molar-refractivity contribution is -0.121. The number of fused-ring (bicyclic) bond motifs is 1. The summed E-state index contributed by atoms with van der Waals surface area (Å²) >= 11 is 0. The molecule has 130 valence electrons. The zero-order chi connectivity index (χ0) is 18.0. The lowest BCUT2D eigenvalue weighted by atomic mass is 10.0. The fourth-order valence-corrected chi connectivity index (χ4v) is 3.21. The molecule has 3 aromatic rings. The van der Waals surface area contributed by atoms with E-state index in [9.17, 15) is 4.79 Å². The smallest absolute Gasteiger partial charge is 0.226 e. The Morgan fingerprint density at radius 3 is 2.60 bits per heavy atom. The van der Waals surface area contributed by atoms with E-state index in [2.05, 4.69) is 47.7 Å². The van der Waals surface area contributed by atoms with Crippen molar-refractivity contribution in [2.45, 2.75) is 46.6 Å². The van der Waals surface area contributed by atoms with Crippen LogP contribution in [0.15, 0.2) is 40.9 Å². The highest BCUT2D eigenvalue weighted by Gasteiger charge is 2.16. The molecule has 1 unspecified atom stereocenters. The Morgan fingerprint density at radius 2 is 1.92 bits per heavy atom. The number of aromatic nitrogens is 1. The molecular weight excluding hydrogens is 312 g/mol. The largest absolute Gasteiger partial charge is 0.356 e. The Bertz CT molecular complexity index is 894. The van der Waals surface area contributed by atoms with E-state index in [0.29, 0.717) is 5.69 Å². The Labute approximate surface area is 148 Å². The summed E-state index contributed by atoms with van der Waals surface area (Å²) in [4.78, 5) is 12.4. The fraction of sp³-hybridized carbons (Fsp3) is 0.333. The SMILES string of the molecule is CCc1ccc(C(C)NC(=O)Cc2noc3cc(C)cc(C)c23)cc1. The number of nitrogens with one attached hydrogen (secondary N) is 1. The second kappa shape index (κ2) is 7.09. The highest BCUT2D eigenvalue weighted by molar-refractivity contribution is 5.88. The van der Waals surface area contributed by atoms with Crippen LogP contribution in [0.4, 0.5) is 0 Å². The van der Waals surface area contributed by atoms with E-state index in [-0.39, 0.29) is 18.4 Å². The summed E-state index contributed by atoms with van der Waals surface area (Å²) in [6.07, 6.45) is 1.23. The van der Waals surface area contributed by atoms with E-state index in [1.165, 1.54) is 5.56 Å². The van der Waals surface area contributed by atoms with Crippen LogP contribution in [-0.4, -0.2) is 11.1 Å². The van der Waals surface area contributed by atoms with Gasteiger partial charge in [0.15, 0.2) is 5.58 Å². The minimum Gasteiger partial charge on any atom is -0.356 e. The lowest BCUT2D eigenvalue weighted by Crippen LogP contribution is -2.28. The number of amides is 1. The van der Waals surface area contributed by atoms with Crippen molar-refractivity contribution >= 4 is 16.9 Å². The first-order valence-electron chi connectivity index (χ1n) is 8.71. The van der Waals surface area contributed by atoms with Gasteiger partial charge < -0.3 is 9.84 Å². The van der Waals surface area contributed by atoms with Gasteiger partial charge in [0.1, 0.15) is 5.69 Å². The topological polar surface area (TPSA) is 55.1 Å². The molecule has 0 fully saturated rings. The van der Waals surface area contributed by atoms with E-state index < -0.39 is 0 Å². The van der Waals surface area contributed by atoms with Crippen LogP contribution in [-0.2, 0) is 17.6 Å². The number of hydrogen-bond acceptors (Lipinski definition) is 3. The monoisotopic (exact) mass is 336 g/mol. The van der Waals surface area contributed by atoms with Gasteiger partial charge in [-0.1, -0.05) is 42.4 Å². The first-order chi connectivity index (χ1) is 12.0. The van der Waals surface area contributed by atoms with Crippen LogP contribution < -0.4 is 5.32 Å². The van der Waals surface area contributed by atoms with Gasteiger partial charge in [0.2, 0.25) is 5.91 Å². The first-order valence-corrected chi connectivity index (χ1v) is 8.71. The predicted molar refractivity (Wildman–Crippen MR) is 99.6 cm³/mol. The van der Waals surface area contributed by atoms with E-state index in [1.807, 2.05) is 26.8 Å². The van der Waals surface area contributed by atoms with E-state index in [4.69, 9.17) is 4.52 Å². The van der Waals surface area contributed by atoms with Crippen molar-refractivity contribution in [3.05, 3.63) is 64.3 Å². The maximum atomic E-state index is 12.4. The van der Waals surface area contributed by atoms with Crippen molar-refractivity contribution in [2.75, 3.05) is 0 Å². The quantitative estimate of drug-likeness (QED) is 0.750. The highest BCUT2D eigenvalue weighted by Crippen LogP contribution is 2.24. The molecule has 0 spiro atoms. The molecule has 0 bridgehead atoms. The molecule has 1 amide bonds. The maximum Gasteiger partial charge on any atom is 0.226 e. The maximum absolute atomic E-state index is 12.4. The Balaban J connectivity index is 1.72. The molecule has 0 aliphatic heterocycles. The summed E-state index contributed by atoms with van der Waals surface area (Å²) in [6, 6.07) is 12.3. The summed E-state index contributed by atoms with van der Waals surface area (Å²) < 4.78 is 5.40. The molecule has 0 aliphatic rings. The molecule has 0 radical (unpaired) electrons. The highest BCUT2D eigenvalue weighted by atomic mass is 16.5. The van der Waals surface area contributed by atoms with Crippen molar-refractivity contribution < 1.29 is 9.32 Å². The average molecular weight is 336 g/mol. The zero-order valence-electron chi connectivity index (χ0n) is 15.2. The zero-order valence-corrected chi connectivity index (χ0v) is 15.2. The number of nitrogens with zero attached hydrogens (tertiary/aromatic N) is 1. The number of rotatable bonds is 5. The molecule has 25 heavy (non-hydrogen) atoms. The predicted octanol–water partition coefficient (Wildman–Crippen LogP) is 4.43. The van der Waals surface area contributed by atoms with Gasteiger partial charge in [-0.15, -0.1) is 0 Å². The molecule has 4 heteroatoms. The van der Waals surface area contributed by atoms with Crippen molar-refractivity contribution in [3.8, 4) is 0 Å². The normalized spacial score (nSPS) is 12.3. The van der Waals surface area contributed by atoms with Crippen LogP contribution in [0.5, 0.6) is 0 Å². The van der Waals surface area contributed by atoms with Crippen molar-refractivity contribution in [2.24, 2.45) is 0 Å². The van der Waals surface area contributed by atoms with Crippen molar-refractivity contribution in [1.29, 1.82) is 0 Å². The molecule has 1 atom stereocenters. The second-order valence-electron chi connectivity index (χ2n) is 6.65. The Hall–Kier alpha value is -2.62. The van der Waals surface area contributed by atoms with E-state index >= 15 is 0 Å². The molecular formula is C21H24N2O2. The molecule has 4 nitrogen and oxygen atoms in total. The van der Waals surface area contributed by atoms with Crippen LogP contribution in [0.3, 0.4) is 0 Å². The molecule has 0 saturated carbocycles. The minimum atomic E-state index is -0.0535. The number of carbonyl (C=O) groups is 1. The molecule has 0 saturated heterocycles. The van der Waals surface area contributed by atoms with Gasteiger partial charge in [-0.2, -0.15) is 0 Å². The molecule has 1 N–H and O–H groups in total. The van der Waals surface area contributed by atoms with E-state index in [0.717, 1.165) is 34.1 Å². The summed E-state index contributed by atoms with van der Waals surface area (Å²) in [5.41, 5.74) is 6.04. The summed E-state index contributed by atoms with van der Waals surface area (Å²) in [5, 5.41) is 8.10. The van der Waals surface area contributed by atoms with Crippen LogP contribution in [0.2, 0.25) is 0 Å². The summed E-state index contributed by atoms with van der Waals surface area (Å²) in [7, 11) is 0. The van der Waals surface area contributed by atoms with Gasteiger partial charge in [0.05, 0.1) is 12.5 Å². The molecule has 3 rings (SSSR count). The third-order valence-corrected chi connectivity index (χ3v) is 4.58. The Morgan fingerprint density at radius 1 is 1.20 bits per heavy atom. The molecule has 2 aromatic carbocycles. The van der Waals surface area contributed by atoms with Crippen LogP contribution in [0, 0.1) is 13.8 Å². The van der Waals surface area contributed by atoms with Crippen LogP contribution in [0.25, 0.3) is 11.0 Å². The first kappa shape index (κ1) is 17.2. The summed E-state index contributed by atoms with van der Waals surface area (Å²) in [6.45, 7) is 8.17. The molecule has 1 heterocycles. The lowest BCUT2D eigenvalue weighted by Gasteiger charge is -2.14. The van der Waals surface area contributed by atoms with Crippen molar-refractivity contribution in [3.63, 3.8) is 0 Å². The number of aryl methyl sites for hydroxylation is 3. The third-order valence-electron chi connectivity index (χ3n) is 4.58.